The van der Waals surface area contributed by atoms with Crippen LogP contribution in [0, 0.1) is 0 Å². The third kappa shape index (κ3) is 5.50. The Morgan fingerprint density at radius 1 is 0.682 bits per heavy atom. The first-order valence-corrected chi connectivity index (χ1v) is 13.2. The van der Waals surface area contributed by atoms with E-state index in [-0.39, 0.29) is 17.1 Å². The van der Waals surface area contributed by atoms with Crippen LogP contribution in [-0.4, -0.2) is 131 Å². The molecule has 0 radical (unpaired) electrons. The second kappa shape index (κ2) is 12.3. The molecule has 3 heterocycles. The zero-order valence-corrected chi connectivity index (χ0v) is 22.4. The van der Waals surface area contributed by atoms with Crippen molar-refractivity contribution in [3.8, 4) is 40.1 Å². The van der Waals surface area contributed by atoms with E-state index in [2.05, 4.69) is 0 Å². The molecule has 11 N–H and O–H groups in total. The van der Waals surface area contributed by atoms with Gasteiger partial charge in [-0.2, -0.15) is 0 Å². The molecule has 0 spiro atoms. The van der Waals surface area contributed by atoms with Crippen molar-refractivity contribution in [1.29, 1.82) is 0 Å². The van der Waals surface area contributed by atoms with Gasteiger partial charge in [0.15, 0.2) is 17.3 Å². The van der Waals surface area contributed by atoms with Crippen LogP contribution < -0.4 is 14.9 Å². The van der Waals surface area contributed by atoms with E-state index in [1.54, 1.807) is 0 Å². The van der Waals surface area contributed by atoms with Crippen LogP contribution in [0.1, 0.15) is 0 Å². The van der Waals surface area contributed by atoms with Gasteiger partial charge < -0.3 is 79.5 Å². The zero-order valence-electron chi connectivity index (χ0n) is 22.4. The number of phenols is 2. The summed E-state index contributed by atoms with van der Waals surface area (Å²) in [6.45, 7) is -1.65. The Morgan fingerprint density at radius 3 is 1.73 bits per heavy atom. The van der Waals surface area contributed by atoms with E-state index in [9.17, 15) is 61.0 Å². The quantitative estimate of drug-likeness (QED) is 0.124. The Bertz CT molecular complexity index is 1540. The molecule has 2 aliphatic heterocycles. The van der Waals surface area contributed by atoms with Crippen LogP contribution in [-0.2, 0) is 9.47 Å². The van der Waals surface area contributed by atoms with E-state index in [1.165, 1.54) is 24.3 Å². The number of aliphatic hydroxyl groups excluding tert-OH is 8. The summed E-state index contributed by atoms with van der Waals surface area (Å²) >= 11 is 0. The lowest BCUT2D eigenvalue weighted by Crippen LogP contribution is -2.60. The van der Waals surface area contributed by atoms with Crippen LogP contribution in [0.5, 0.6) is 28.7 Å². The number of rotatable bonds is 7. The lowest BCUT2D eigenvalue weighted by atomic mass is 9.99. The second-order valence-corrected chi connectivity index (χ2v) is 10.2. The average Bonchev–Trinajstić information content (AvgIpc) is 3.01. The lowest BCUT2D eigenvalue weighted by Gasteiger charge is -2.41. The van der Waals surface area contributed by atoms with Crippen molar-refractivity contribution < 1.29 is 79.5 Å². The summed E-state index contributed by atoms with van der Waals surface area (Å²) in [5, 5.41) is 112. The van der Waals surface area contributed by atoms with Gasteiger partial charge in [0.05, 0.1) is 13.2 Å². The molecule has 3 aromatic rings. The summed E-state index contributed by atoms with van der Waals surface area (Å²) in [5.41, 5.74) is -1.48. The monoisotopic (exact) mass is 626 g/mol. The number of aromatic hydroxyl groups is 3. The van der Waals surface area contributed by atoms with Gasteiger partial charge in [0.25, 0.3) is 0 Å². The highest BCUT2D eigenvalue weighted by molar-refractivity contribution is 5.91. The maximum Gasteiger partial charge on any atom is 0.238 e. The number of aliphatic hydroxyl groups is 8. The van der Waals surface area contributed by atoms with Gasteiger partial charge in [-0.25, -0.2) is 0 Å². The molecular weight excluding hydrogens is 596 g/mol. The highest BCUT2D eigenvalue weighted by Gasteiger charge is 2.47. The summed E-state index contributed by atoms with van der Waals surface area (Å²) in [6, 6.07) is 6.09. The van der Waals surface area contributed by atoms with E-state index in [0.717, 1.165) is 6.07 Å². The normalized spacial score (nSPS) is 32.5. The zero-order chi connectivity index (χ0) is 32.0. The van der Waals surface area contributed by atoms with Gasteiger partial charge in [-0.05, 0) is 24.3 Å². The Labute approximate surface area is 246 Å². The van der Waals surface area contributed by atoms with Gasteiger partial charge in [-0.1, -0.05) is 0 Å². The van der Waals surface area contributed by atoms with Crippen molar-refractivity contribution in [2.24, 2.45) is 0 Å². The molecule has 2 aromatic carbocycles. The first-order chi connectivity index (χ1) is 20.9. The average molecular weight is 627 g/mol. The number of hydrogen-bond acceptors (Lipinski definition) is 17. The molecule has 2 fully saturated rings. The van der Waals surface area contributed by atoms with Crippen molar-refractivity contribution in [1.82, 2.24) is 0 Å². The summed E-state index contributed by atoms with van der Waals surface area (Å²) in [5.74, 6) is -3.97. The van der Waals surface area contributed by atoms with Gasteiger partial charge in [0.2, 0.25) is 29.5 Å². The maximum atomic E-state index is 13.3. The third-order valence-corrected chi connectivity index (χ3v) is 7.36. The Morgan fingerprint density at radius 2 is 1.20 bits per heavy atom. The van der Waals surface area contributed by atoms with E-state index >= 15 is 0 Å². The van der Waals surface area contributed by atoms with Crippen LogP contribution in [0.25, 0.3) is 22.3 Å². The fraction of sp³-hybridized carbons (Fsp3) is 0.444. The van der Waals surface area contributed by atoms with E-state index in [4.69, 9.17) is 23.4 Å². The van der Waals surface area contributed by atoms with Gasteiger partial charge in [-0.3, -0.25) is 4.79 Å². The van der Waals surface area contributed by atoms with Crippen molar-refractivity contribution in [2.75, 3.05) is 13.2 Å². The minimum atomic E-state index is -2.00. The highest BCUT2D eigenvalue weighted by atomic mass is 16.7. The van der Waals surface area contributed by atoms with E-state index in [1.807, 2.05) is 0 Å². The Balaban J connectivity index is 1.65. The van der Waals surface area contributed by atoms with Crippen LogP contribution in [0.2, 0.25) is 0 Å². The molecule has 17 heteroatoms. The molecule has 2 saturated heterocycles. The number of ether oxygens (including phenoxy) is 4. The summed E-state index contributed by atoms with van der Waals surface area (Å²) in [7, 11) is 0. The molecule has 0 unspecified atom stereocenters. The molecule has 17 nitrogen and oxygen atoms in total. The van der Waals surface area contributed by atoms with E-state index < -0.39 is 114 Å². The van der Waals surface area contributed by atoms with Crippen molar-refractivity contribution in [2.45, 2.75) is 61.4 Å². The lowest BCUT2D eigenvalue weighted by molar-refractivity contribution is -0.282. The number of fused-ring (bicyclic) bond motifs is 1. The van der Waals surface area contributed by atoms with E-state index in [0.29, 0.717) is 0 Å². The SMILES string of the molecule is O=c1c(O)c(-c2ccc(O)cc2)oc2cc(O[C@@H]3O[C@H](CO)[C@@H](O)[C@H](O)[C@H]3O)c(O[C@@H]3O[C@H](CO)[C@@H](O)[C@H](O)[C@H]3O)c(O)c12. The predicted molar refractivity (Wildman–Crippen MR) is 142 cm³/mol. The molecule has 1 aromatic heterocycles. The Hall–Kier alpha value is -3.75. The van der Waals surface area contributed by atoms with Gasteiger partial charge in [-0.15, -0.1) is 0 Å². The molecule has 0 amide bonds. The fourth-order valence-electron chi connectivity index (χ4n) is 4.86. The molecule has 44 heavy (non-hydrogen) atoms. The van der Waals surface area contributed by atoms with Crippen LogP contribution in [0.15, 0.2) is 39.5 Å². The van der Waals surface area contributed by atoms with Crippen LogP contribution in [0.3, 0.4) is 0 Å². The largest absolute Gasteiger partial charge is 0.508 e. The number of phenolic OH excluding ortho intramolecular Hbond substituents is 2. The maximum absolute atomic E-state index is 13.3. The minimum Gasteiger partial charge on any atom is -0.508 e. The van der Waals surface area contributed by atoms with Gasteiger partial charge in [0.1, 0.15) is 65.6 Å². The second-order valence-electron chi connectivity index (χ2n) is 10.2. The smallest absolute Gasteiger partial charge is 0.238 e. The molecule has 240 valence electrons. The van der Waals surface area contributed by atoms with Gasteiger partial charge in [0, 0.05) is 11.6 Å². The fourth-order valence-corrected chi connectivity index (χ4v) is 4.86. The van der Waals surface area contributed by atoms with Crippen LogP contribution >= 0.6 is 0 Å². The summed E-state index contributed by atoms with van der Waals surface area (Å²) < 4.78 is 27.6. The summed E-state index contributed by atoms with van der Waals surface area (Å²) in [6.07, 6.45) is -17.9. The minimum absolute atomic E-state index is 0.126. The Kier molecular flexibility index (Phi) is 8.87. The topological polar surface area (TPSA) is 290 Å². The molecule has 2 aliphatic rings. The summed E-state index contributed by atoms with van der Waals surface area (Å²) in [4.78, 5) is 13.3. The molecule has 5 rings (SSSR count). The predicted octanol–water partition coefficient (Wildman–Crippen LogP) is -3.07. The highest BCUT2D eigenvalue weighted by Crippen LogP contribution is 2.46. The first kappa shape index (κ1) is 31.7. The van der Waals surface area contributed by atoms with Crippen molar-refractivity contribution in [3.63, 3.8) is 0 Å². The van der Waals surface area contributed by atoms with Crippen molar-refractivity contribution in [3.05, 3.63) is 40.6 Å². The number of benzene rings is 2. The first-order valence-electron chi connectivity index (χ1n) is 13.2. The molecule has 0 aliphatic carbocycles. The molecule has 0 bridgehead atoms. The standard InChI is InChI=1S/C27H30O17/c28-6-12-15(31)19(35)22(38)26(42-12)41-11-5-10-14(17(33)21(37)24(40-10)8-1-3-9(30)4-2-8)18(34)25(11)44-27-23(39)20(36)16(32)13(7-29)43-27/h1-5,12-13,15-16,19-20,22-23,26-32,34-39H,6-7H2/t12-,13-,15-,16-,19+,20+,22-,23-,26-,27+/m1/s1. The van der Waals surface area contributed by atoms with Gasteiger partial charge >= 0.3 is 0 Å². The van der Waals surface area contributed by atoms with Crippen molar-refractivity contribution >= 4 is 11.0 Å². The third-order valence-electron chi connectivity index (χ3n) is 7.36. The van der Waals surface area contributed by atoms with Crippen LogP contribution in [0.4, 0.5) is 0 Å². The molecular formula is C27H30O17. The molecule has 10 atom stereocenters. The number of hydrogen-bond donors (Lipinski definition) is 11. The molecule has 0 saturated carbocycles.